The van der Waals surface area contributed by atoms with Gasteiger partial charge in [-0.15, -0.1) is 0 Å². The number of ketones is 1. The Balaban J connectivity index is 1.52. The highest BCUT2D eigenvalue weighted by atomic mass is 16.5. The second-order valence-corrected chi connectivity index (χ2v) is 7.59. The van der Waals surface area contributed by atoms with E-state index >= 15 is 0 Å². The van der Waals surface area contributed by atoms with Gasteiger partial charge in [-0.25, -0.2) is 0 Å². The van der Waals surface area contributed by atoms with E-state index in [-0.39, 0.29) is 5.78 Å². The van der Waals surface area contributed by atoms with Crippen molar-refractivity contribution in [2.45, 2.75) is 27.4 Å². The summed E-state index contributed by atoms with van der Waals surface area (Å²) in [5.41, 5.74) is 4.66. The molecule has 0 radical (unpaired) electrons. The Labute approximate surface area is 183 Å². The van der Waals surface area contributed by atoms with Crippen molar-refractivity contribution in [2.75, 3.05) is 18.0 Å². The maximum Gasteiger partial charge on any atom is 0.232 e. The lowest BCUT2D eigenvalue weighted by atomic mass is 10.0. The summed E-state index contributed by atoms with van der Waals surface area (Å²) in [7, 11) is 0. The number of carbonyl (C=O) groups excluding carboxylic acids is 1. The van der Waals surface area contributed by atoms with Gasteiger partial charge < -0.3 is 14.4 Å². The van der Waals surface area contributed by atoms with Crippen molar-refractivity contribution in [3.8, 4) is 11.5 Å². The molecule has 0 fully saturated rings. The van der Waals surface area contributed by atoms with E-state index in [1.807, 2.05) is 55.5 Å². The number of anilines is 1. The molecule has 3 aromatic carbocycles. The van der Waals surface area contributed by atoms with Crippen LogP contribution in [0.1, 0.15) is 40.9 Å². The summed E-state index contributed by atoms with van der Waals surface area (Å²) in [6.07, 6.45) is 1.80. The number of allylic oxidation sites excluding steroid dienone is 1. The third kappa shape index (κ3) is 4.48. The average molecular weight is 414 g/mol. The second kappa shape index (κ2) is 9.09. The van der Waals surface area contributed by atoms with Crippen LogP contribution in [0.3, 0.4) is 0 Å². The summed E-state index contributed by atoms with van der Waals surface area (Å²) in [5.74, 6) is 1.50. The highest BCUT2D eigenvalue weighted by Crippen LogP contribution is 2.37. The van der Waals surface area contributed by atoms with Gasteiger partial charge in [-0.05, 0) is 61.7 Å². The van der Waals surface area contributed by atoms with Crippen molar-refractivity contribution in [1.29, 1.82) is 0 Å². The molecule has 4 rings (SSSR count). The van der Waals surface area contributed by atoms with Gasteiger partial charge >= 0.3 is 0 Å². The number of nitrogens with zero attached hydrogens (tertiary/aromatic N) is 1. The maximum atomic E-state index is 12.9. The lowest BCUT2D eigenvalue weighted by Gasteiger charge is -2.20. The number of fused-ring (bicyclic) bond motifs is 1. The summed E-state index contributed by atoms with van der Waals surface area (Å²) in [5, 5.41) is 0. The van der Waals surface area contributed by atoms with Crippen LogP contribution in [-0.2, 0) is 6.61 Å². The van der Waals surface area contributed by atoms with E-state index in [9.17, 15) is 4.79 Å². The van der Waals surface area contributed by atoms with Gasteiger partial charge in [-0.1, -0.05) is 42.5 Å². The van der Waals surface area contributed by atoms with Gasteiger partial charge in [0.15, 0.2) is 5.76 Å². The van der Waals surface area contributed by atoms with E-state index in [2.05, 4.69) is 30.9 Å². The summed E-state index contributed by atoms with van der Waals surface area (Å²) < 4.78 is 11.9. The van der Waals surface area contributed by atoms with Crippen molar-refractivity contribution >= 4 is 17.5 Å². The summed E-state index contributed by atoms with van der Waals surface area (Å²) >= 11 is 0. The van der Waals surface area contributed by atoms with Gasteiger partial charge in [0.2, 0.25) is 5.78 Å². The van der Waals surface area contributed by atoms with E-state index in [0.29, 0.717) is 29.4 Å². The minimum Gasteiger partial charge on any atom is -0.489 e. The van der Waals surface area contributed by atoms with Gasteiger partial charge in [-0.2, -0.15) is 0 Å². The molecule has 0 atom stereocenters. The van der Waals surface area contributed by atoms with Crippen molar-refractivity contribution in [3.05, 3.63) is 94.7 Å². The third-order valence-corrected chi connectivity index (χ3v) is 5.51. The number of hydrogen-bond acceptors (Lipinski definition) is 4. The SMILES string of the molecule is CCN(CC)c1ccc(/C=C2\Oc3cc(OCc4ccccc4)cc(C)c3C2=O)cc1. The largest absolute Gasteiger partial charge is 0.489 e. The summed E-state index contributed by atoms with van der Waals surface area (Å²) in [4.78, 5) is 15.2. The molecule has 31 heavy (non-hydrogen) atoms. The molecule has 3 aromatic rings. The first-order valence-electron chi connectivity index (χ1n) is 10.7. The third-order valence-electron chi connectivity index (χ3n) is 5.51. The normalized spacial score (nSPS) is 13.8. The molecule has 0 aliphatic carbocycles. The number of benzene rings is 3. The van der Waals surface area contributed by atoms with Crippen LogP contribution in [0.4, 0.5) is 5.69 Å². The molecule has 4 nitrogen and oxygen atoms in total. The van der Waals surface area contributed by atoms with Crippen molar-refractivity contribution in [2.24, 2.45) is 0 Å². The first kappa shape index (κ1) is 20.7. The number of hydrogen-bond donors (Lipinski definition) is 0. The number of rotatable bonds is 7. The van der Waals surface area contributed by atoms with Crippen molar-refractivity contribution < 1.29 is 14.3 Å². The fourth-order valence-electron chi connectivity index (χ4n) is 3.82. The van der Waals surface area contributed by atoms with Crippen LogP contribution >= 0.6 is 0 Å². The van der Waals surface area contributed by atoms with E-state index in [0.717, 1.165) is 29.8 Å². The highest BCUT2D eigenvalue weighted by molar-refractivity contribution is 6.15. The Morgan fingerprint density at radius 3 is 2.35 bits per heavy atom. The molecule has 1 aliphatic rings. The quantitative estimate of drug-likeness (QED) is 0.443. The zero-order valence-corrected chi connectivity index (χ0v) is 18.2. The van der Waals surface area contributed by atoms with Crippen molar-refractivity contribution in [3.63, 3.8) is 0 Å². The fourth-order valence-corrected chi connectivity index (χ4v) is 3.82. The molecule has 158 valence electrons. The Morgan fingerprint density at radius 2 is 1.68 bits per heavy atom. The smallest absolute Gasteiger partial charge is 0.232 e. The Bertz CT molecular complexity index is 1100. The first-order valence-corrected chi connectivity index (χ1v) is 10.7. The highest BCUT2D eigenvalue weighted by Gasteiger charge is 2.30. The Hall–Kier alpha value is -3.53. The topological polar surface area (TPSA) is 38.8 Å². The molecule has 1 heterocycles. The van der Waals surface area contributed by atoms with E-state index in [1.54, 1.807) is 12.1 Å². The zero-order valence-electron chi connectivity index (χ0n) is 18.2. The van der Waals surface area contributed by atoms with E-state index in [1.165, 1.54) is 5.69 Å². The van der Waals surface area contributed by atoms with Crippen LogP contribution in [0.5, 0.6) is 11.5 Å². The molecular weight excluding hydrogens is 386 g/mol. The van der Waals surface area contributed by atoms with Gasteiger partial charge in [0.1, 0.15) is 18.1 Å². The number of aryl methyl sites for hydroxylation is 1. The predicted molar refractivity (Wildman–Crippen MR) is 125 cm³/mol. The minimum absolute atomic E-state index is 0.0880. The van der Waals surface area contributed by atoms with Crippen LogP contribution in [-0.4, -0.2) is 18.9 Å². The van der Waals surface area contributed by atoms with Gasteiger partial charge in [0.25, 0.3) is 0 Å². The van der Waals surface area contributed by atoms with Gasteiger partial charge in [0.05, 0.1) is 5.56 Å². The van der Waals surface area contributed by atoms with Crippen LogP contribution < -0.4 is 14.4 Å². The lowest BCUT2D eigenvalue weighted by Crippen LogP contribution is -2.21. The zero-order chi connectivity index (χ0) is 21.8. The minimum atomic E-state index is -0.0880. The molecule has 0 unspecified atom stereocenters. The molecule has 0 bridgehead atoms. The monoisotopic (exact) mass is 413 g/mol. The van der Waals surface area contributed by atoms with Crippen molar-refractivity contribution in [1.82, 2.24) is 0 Å². The van der Waals surface area contributed by atoms with E-state index < -0.39 is 0 Å². The number of Topliss-reactive ketones (excluding diaryl/α,β-unsaturated/α-hetero) is 1. The lowest BCUT2D eigenvalue weighted by molar-refractivity contribution is 0.101. The average Bonchev–Trinajstić information content (AvgIpc) is 3.10. The number of ether oxygens (including phenoxy) is 2. The van der Waals surface area contributed by atoms with E-state index in [4.69, 9.17) is 9.47 Å². The molecule has 0 spiro atoms. The maximum absolute atomic E-state index is 12.9. The van der Waals surface area contributed by atoms with Crippen LogP contribution in [0.15, 0.2) is 72.5 Å². The molecule has 0 saturated carbocycles. The van der Waals surface area contributed by atoms with Crippen LogP contribution in [0.2, 0.25) is 0 Å². The molecule has 4 heteroatoms. The summed E-state index contributed by atoms with van der Waals surface area (Å²) in [6, 6.07) is 21.9. The predicted octanol–water partition coefficient (Wildman–Crippen LogP) is 6.04. The molecular formula is C27H27NO3. The molecule has 0 N–H and O–H groups in total. The summed E-state index contributed by atoms with van der Waals surface area (Å²) in [6.45, 7) is 8.58. The molecule has 0 saturated heterocycles. The molecule has 1 aliphatic heterocycles. The number of carbonyl (C=O) groups is 1. The fraction of sp³-hybridized carbons (Fsp3) is 0.222. The van der Waals surface area contributed by atoms with Crippen LogP contribution in [0.25, 0.3) is 6.08 Å². The molecule has 0 aromatic heterocycles. The Kier molecular flexibility index (Phi) is 6.08. The van der Waals surface area contributed by atoms with Crippen LogP contribution in [0, 0.1) is 6.92 Å². The molecule has 0 amide bonds. The first-order chi connectivity index (χ1) is 15.1. The van der Waals surface area contributed by atoms with Gasteiger partial charge in [-0.3, -0.25) is 4.79 Å². The Morgan fingerprint density at radius 1 is 0.968 bits per heavy atom. The van der Waals surface area contributed by atoms with Gasteiger partial charge in [0, 0.05) is 24.8 Å². The second-order valence-electron chi connectivity index (χ2n) is 7.59. The standard InChI is InChI=1S/C27H27NO3/c1-4-28(5-2)22-13-11-20(12-14-22)16-25-27(29)26-19(3)15-23(17-24(26)31-25)30-18-21-9-7-6-8-10-21/h6-17H,4-5,18H2,1-3H3/b25-16-.